The highest BCUT2D eigenvalue weighted by Gasteiger charge is 2.58. The molecule has 0 radical (unpaired) electrons. The van der Waals surface area contributed by atoms with E-state index < -0.39 is 35.8 Å². The van der Waals surface area contributed by atoms with E-state index in [0.29, 0.717) is 0 Å². The molecule has 0 saturated carbocycles. The molecule has 0 bridgehead atoms. The zero-order valence-corrected chi connectivity index (χ0v) is 8.60. The van der Waals surface area contributed by atoms with Crippen molar-refractivity contribution in [3.63, 3.8) is 0 Å². The van der Waals surface area contributed by atoms with Gasteiger partial charge < -0.3 is 4.74 Å². The third-order valence-corrected chi connectivity index (χ3v) is 1.94. The maximum absolute atomic E-state index is 13.1. The van der Waals surface area contributed by atoms with Crippen molar-refractivity contribution in [3.05, 3.63) is 29.6 Å². The molecule has 0 aliphatic carbocycles. The van der Waals surface area contributed by atoms with Crippen molar-refractivity contribution in [2.24, 2.45) is 0 Å². The first-order chi connectivity index (χ1) is 8.19. The zero-order chi connectivity index (χ0) is 14.0. The van der Waals surface area contributed by atoms with Gasteiger partial charge in [0.1, 0.15) is 0 Å². The van der Waals surface area contributed by atoms with Crippen LogP contribution in [0.1, 0.15) is 10.4 Å². The molecule has 0 aromatic heterocycles. The molecule has 1 aromatic rings. The third-order valence-electron chi connectivity index (χ3n) is 1.94. The van der Waals surface area contributed by atoms with Gasteiger partial charge >= 0.3 is 12.1 Å². The Kier molecular flexibility index (Phi) is 3.88. The van der Waals surface area contributed by atoms with Crippen LogP contribution in [-0.2, 0) is 0 Å². The highest BCUT2D eigenvalue weighted by molar-refractivity contribution is 5.79. The lowest BCUT2D eigenvalue weighted by atomic mass is 10.2. The summed E-state index contributed by atoms with van der Waals surface area (Å²) in [6, 6.07) is 2.89. The molecule has 8 heteroatoms. The number of aldehydes is 1. The Bertz CT molecular complexity index is 440. The molecule has 0 saturated heterocycles. The largest absolute Gasteiger partial charge is 0.483 e. The van der Waals surface area contributed by atoms with Gasteiger partial charge in [0.05, 0.1) is 5.56 Å². The van der Waals surface area contributed by atoms with E-state index >= 15 is 0 Å². The first kappa shape index (κ1) is 14.3. The van der Waals surface area contributed by atoms with Crippen molar-refractivity contribution in [1.82, 2.24) is 0 Å². The van der Waals surface area contributed by atoms with Crippen LogP contribution in [0.4, 0.5) is 26.3 Å². The fraction of sp³-hybridized carbons (Fsp3) is 0.300. The number of carbonyl (C=O) groups is 1. The van der Waals surface area contributed by atoms with Crippen LogP contribution in [0.2, 0.25) is 0 Å². The molecule has 2 nitrogen and oxygen atoms in total. The number of hydrogen-bond donors (Lipinski definition) is 0. The monoisotopic (exact) mass is 272 g/mol. The van der Waals surface area contributed by atoms with Crippen LogP contribution < -0.4 is 4.74 Å². The van der Waals surface area contributed by atoms with Gasteiger partial charge in [0, 0.05) is 0 Å². The van der Waals surface area contributed by atoms with Gasteiger partial charge in [-0.2, -0.15) is 22.0 Å². The topological polar surface area (TPSA) is 26.3 Å². The fourth-order valence-electron chi connectivity index (χ4n) is 1.02. The van der Waals surface area contributed by atoms with Crippen molar-refractivity contribution in [2.45, 2.75) is 12.1 Å². The summed E-state index contributed by atoms with van der Waals surface area (Å²) in [5.41, 5.74) is -0.451. The van der Waals surface area contributed by atoms with E-state index in [-0.39, 0.29) is 6.29 Å². The lowest BCUT2D eigenvalue weighted by molar-refractivity contribution is -0.290. The first-order valence-electron chi connectivity index (χ1n) is 4.50. The van der Waals surface area contributed by atoms with Crippen LogP contribution >= 0.6 is 0 Å². The zero-order valence-electron chi connectivity index (χ0n) is 8.60. The second-order valence-corrected chi connectivity index (χ2v) is 3.27. The fourth-order valence-corrected chi connectivity index (χ4v) is 1.02. The van der Waals surface area contributed by atoms with Crippen LogP contribution in [0.5, 0.6) is 5.75 Å². The lowest BCUT2D eigenvalue weighted by Crippen LogP contribution is -2.42. The van der Waals surface area contributed by atoms with Crippen LogP contribution in [0.15, 0.2) is 18.2 Å². The maximum atomic E-state index is 13.1. The summed E-state index contributed by atoms with van der Waals surface area (Å²) >= 11 is 0. The summed E-state index contributed by atoms with van der Waals surface area (Å²) in [5, 5.41) is 0. The minimum Gasteiger partial charge on any atom is -0.483 e. The Balaban J connectivity index is 2.91. The molecular weight excluding hydrogens is 266 g/mol. The number of carbonyl (C=O) groups excluding carboxylic acids is 1. The number of hydrogen-bond acceptors (Lipinski definition) is 2. The van der Waals surface area contributed by atoms with E-state index in [0.717, 1.165) is 18.2 Å². The van der Waals surface area contributed by atoms with E-state index in [2.05, 4.69) is 4.74 Å². The molecule has 0 amide bonds. The van der Waals surface area contributed by atoms with Crippen molar-refractivity contribution in [2.75, 3.05) is 6.61 Å². The molecule has 0 aliphatic heterocycles. The number of halogens is 6. The van der Waals surface area contributed by atoms with E-state index in [9.17, 15) is 31.1 Å². The normalized spacial score (nSPS) is 12.3. The Morgan fingerprint density at radius 3 is 2.28 bits per heavy atom. The Hall–Kier alpha value is -1.73. The van der Waals surface area contributed by atoms with E-state index in [4.69, 9.17) is 0 Å². The quantitative estimate of drug-likeness (QED) is 0.621. The summed E-state index contributed by atoms with van der Waals surface area (Å²) in [5.74, 6) is -7.26. The minimum atomic E-state index is -5.81. The summed E-state index contributed by atoms with van der Waals surface area (Å²) in [6.45, 7) is -2.10. The molecule has 0 aliphatic rings. The van der Waals surface area contributed by atoms with Gasteiger partial charge in [0.2, 0.25) is 0 Å². The summed E-state index contributed by atoms with van der Waals surface area (Å²) < 4.78 is 77.7. The summed E-state index contributed by atoms with van der Waals surface area (Å²) in [6.07, 6.45) is -5.72. The molecule has 0 atom stereocenters. The van der Waals surface area contributed by atoms with Crippen molar-refractivity contribution in [3.8, 4) is 5.75 Å². The predicted octanol–water partition coefficient (Wildman–Crippen LogP) is 3.21. The van der Waals surface area contributed by atoms with Gasteiger partial charge in [-0.25, -0.2) is 4.39 Å². The Labute approximate surface area is 97.2 Å². The summed E-state index contributed by atoms with van der Waals surface area (Å²) in [4.78, 5) is 10.4. The number of rotatable bonds is 4. The van der Waals surface area contributed by atoms with Gasteiger partial charge in [-0.15, -0.1) is 0 Å². The lowest BCUT2D eigenvalue weighted by Gasteiger charge is -2.20. The van der Waals surface area contributed by atoms with Gasteiger partial charge in [-0.3, -0.25) is 4.79 Å². The highest BCUT2D eigenvalue weighted by Crippen LogP contribution is 2.36. The maximum Gasteiger partial charge on any atom is 0.456 e. The number of alkyl halides is 5. The van der Waals surface area contributed by atoms with E-state index in [1.165, 1.54) is 0 Å². The molecule has 100 valence electrons. The molecule has 0 spiro atoms. The first-order valence-corrected chi connectivity index (χ1v) is 4.50. The number of para-hydroxylation sites is 1. The molecule has 0 heterocycles. The van der Waals surface area contributed by atoms with Gasteiger partial charge in [0.25, 0.3) is 0 Å². The van der Waals surface area contributed by atoms with Crippen LogP contribution in [0.25, 0.3) is 0 Å². The van der Waals surface area contributed by atoms with Crippen molar-refractivity contribution in [1.29, 1.82) is 0 Å². The van der Waals surface area contributed by atoms with Gasteiger partial charge in [-0.1, -0.05) is 6.07 Å². The standard InChI is InChI=1S/C10H6F6O2/c11-7-3-1-2-6(4-17)8(7)18-5-9(12,13)10(14,15)16/h1-4H,5H2. The molecule has 1 rings (SSSR count). The second-order valence-electron chi connectivity index (χ2n) is 3.27. The molecule has 0 unspecified atom stereocenters. The molecule has 0 fully saturated rings. The third kappa shape index (κ3) is 2.93. The Morgan fingerprint density at radius 2 is 1.78 bits per heavy atom. The van der Waals surface area contributed by atoms with Crippen LogP contribution in [0, 0.1) is 5.82 Å². The molecule has 0 N–H and O–H groups in total. The van der Waals surface area contributed by atoms with E-state index in [1.807, 2.05) is 0 Å². The average Bonchev–Trinajstić information content (AvgIpc) is 2.25. The van der Waals surface area contributed by atoms with Gasteiger partial charge in [-0.05, 0) is 12.1 Å². The molecule has 1 aromatic carbocycles. The smallest absolute Gasteiger partial charge is 0.456 e. The van der Waals surface area contributed by atoms with Crippen LogP contribution in [-0.4, -0.2) is 25.0 Å². The number of benzene rings is 1. The van der Waals surface area contributed by atoms with Gasteiger partial charge in [0.15, 0.2) is 24.5 Å². The molecular formula is C10H6F6O2. The van der Waals surface area contributed by atoms with E-state index in [1.54, 1.807) is 0 Å². The predicted molar refractivity (Wildman–Crippen MR) is 48.3 cm³/mol. The highest BCUT2D eigenvalue weighted by atomic mass is 19.4. The Morgan fingerprint density at radius 1 is 1.17 bits per heavy atom. The average molecular weight is 272 g/mol. The van der Waals surface area contributed by atoms with Crippen LogP contribution in [0.3, 0.4) is 0 Å². The SMILES string of the molecule is O=Cc1cccc(F)c1OCC(F)(F)C(F)(F)F. The minimum absolute atomic E-state index is 0.0874. The second kappa shape index (κ2) is 4.87. The number of ether oxygens (including phenoxy) is 1. The van der Waals surface area contributed by atoms with Crippen molar-refractivity contribution < 1.29 is 35.9 Å². The van der Waals surface area contributed by atoms with Crippen molar-refractivity contribution >= 4 is 6.29 Å². The molecule has 18 heavy (non-hydrogen) atoms. The summed E-state index contributed by atoms with van der Waals surface area (Å²) in [7, 11) is 0.